The molecule has 0 aromatic carbocycles. The number of carboxylic acids is 1. The number of aryl methyl sites for hydroxylation is 2. The first-order valence-electron chi connectivity index (χ1n) is 9.89. The molecule has 0 bridgehead atoms. The standard InChI is InChI=1S/C16H31N2.C5H4O3/c1-3-4-5-6-7-8-9-10-11-12-13-18-15-14-17(2)16-18;6-5(7)4-2-1-3-8-4/h14-16H,3-13H2,1-2H3;1-3H,(H,6,7)/q+1;/p-1. The minimum absolute atomic E-state index is 0.134. The van der Waals surface area contributed by atoms with E-state index in [1.807, 2.05) is 0 Å². The van der Waals surface area contributed by atoms with Gasteiger partial charge in [0, 0.05) is 0 Å². The van der Waals surface area contributed by atoms with E-state index in [4.69, 9.17) is 0 Å². The average molecular weight is 363 g/mol. The van der Waals surface area contributed by atoms with Gasteiger partial charge in [-0.05, 0) is 25.0 Å². The van der Waals surface area contributed by atoms with Crippen LogP contribution in [0.2, 0.25) is 0 Å². The highest BCUT2D eigenvalue weighted by molar-refractivity contribution is 5.82. The first-order valence-corrected chi connectivity index (χ1v) is 9.89. The maximum Gasteiger partial charge on any atom is 0.243 e. The molecule has 0 saturated carbocycles. The summed E-state index contributed by atoms with van der Waals surface area (Å²) in [5.41, 5.74) is 0. The highest BCUT2D eigenvalue weighted by Crippen LogP contribution is 2.10. The molecular formula is C21H34N2O3. The maximum absolute atomic E-state index is 9.86. The van der Waals surface area contributed by atoms with Crippen molar-refractivity contribution in [2.75, 3.05) is 0 Å². The SMILES string of the molecule is CCCCCCCCCCCCn1cc[n+](C)c1.O=C([O-])c1ccco1. The molecular weight excluding hydrogens is 328 g/mol. The fourth-order valence-electron chi connectivity index (χ4n) is 2.81. The number of hydrogen-bond donors (Lipinski definition) is 0. The van der Waals surface area contributed by atoms with Gasteiger partial charge in [-0.25, -0.2) is 9.13 Å². The van der Waals surface area contributed by atoms with Gasteiger partial charge < -0.3 is 14.3 Å². The monoisotopic (exact) mass is 362 g/mol. The Bertz CT molecular complexity index is 576. The molecule has 0 spiro atoms. The Morgan fingerprint density at radius 2 is 1.69 bits per heavy atom. The molecule has 0 amide bonds. The van der Waals surface area contributed by atoms with Gasteiger partial charge in [0.2, 0.25) is 6.33 Å². The molecule has 2 heterocycles. The lowest BCUT2D eigenvalue weighted by molar-refractivity contribution is -0.671. The minimum atomic E-state index is -1.28. The second-order valence-electron chi connectivity index (χ2n) is 6.76. The fourth-order valence-corrected chi connectivity index (χ4v) is 2.81. The van der Waals surface area contributed by atoms with Crippen LogP contribution in [0.5, 0.6) is 0 Å². The summed E-state index contributed by atoms with van der Waals surface area (Å²) in [6.45, 7) is 3.46. The summed E-state index contributed by atoms with van der Waals surface area (Å²) in [7, 11) is 2.08. The highest BCUT2D eigenvalue weighted by Gasteiger charge is 1.99. The van der Waals surface area contributed by atoms with Crippen LogP contribution in [0.15, 0.2) is 41.5 Å². The molecule has 5 nitrogen and oxygen atoms in total. The van der Waals surface area contributed by atoms with E-state index in [1.54, 1.807) is 0 Å². The lowest BCUT2D eigenvalue weighted by atomic mass is 10.1. The molecule has 0 radical (unpaired) electrons. The van der Waals surface area contributed by atoms with Crippen LogP contribution in [0.25, 0.3) is 0 Å². The van der Waals surface area contributed by atoms with Gasteiger partial charge in [0.05, 0.1) is 19.9 Å². The third-order valence-electron chi connectivity index (χ3n) is 4.32. The number of aromatic carboxylic acids is 1. The van der Waals surface area contributed by atoms with Crippen molar-refractivity contribution in [1.82, 2.24) is 4.57 Å². The van der Waals surface area contributed by atoms with E-state index in [1.165, 1.54) is 89.1 Å². The third kappa shape index (κ3) is 10.7. The Kier molecular flexibility index (Phi) is 12.0. The molecule has 0 atom stereocenters. The van der Waals surface area contributed by atoms with Gasteiger partial charge >= 0.3 is 0 Å². The summed E-state index contributed by atoms with van der Waals surface area (Å²) in [6, 6.07) is 2.82. The molecule has 0 aliphatic carbocycles. The molecule has 2 aromatic heterocycles. The van der Waals surface area contributed by atoms with Crippen molar-refractivity contribution in [2.24, 2.45) is 7.05 Å². The van der Waals surface area contributed by atoms with Crippen molar-refractivity contribution in [2.45, 2.75) is 77.7 Å². The zero-order valence-corrected chi connectivity index (χ0v) is 16.4. The summed E-state index contributed by atoms with van der Waals surface area (Å²) in [5, 5.41) is 9.86. The Hall–Kier alpha value is -2.04. The van der Waals surface area contributed by atoms with Gasteiger partial charge in [-0.1, -0.05) is 58.3 Å². The van der Waals surface area contributed by atoms with Crippen molar-refractivity contribution in [1.29, 1.82) is 0 Å². The molecule has 0 fully saturated rings. The van der Waals surface area contributed by atoms with E-state index in [0.29, 0.717) is 0 Å². The Morgan fingerprint density at radius 1 is 1.08 bits per heavy atom. The number of carboxylic acid groups (broad SMARTS) is 1. The fraction of sp³-hybridized carbons (Fsp3) is 0.619. The topological polar surface area (TPSA) is 62.1 Å². The summed E-state index contributed by atoms with van der Waals surface area (Å²) >= 11 is 0. The molecule has 5 heteroatoms. The van der Waals surface area contributed by atoms with E-state index in [-0.39, 0.29) is 5.76 Å². The van der Waals surface area contributed by atoms with Gasteiger partial charge in [0.1, 0.15) is 24.1 Å². The smallest absolute Gasteiger partial charge is 0.243 e. The average Bonchev–Trinajstić information content (AvgIpc) is 3.29. The normalized spacial score (nSPS) is 10.4. The van der Waals surface area contributed by atoms with Crippen LogP contribution in [-0.2, 0) is 13.6 Å². The predicted octanol–water partition coefficient (Wildman–Crippen LogP) is 3.88. The van der Waals surface area contributed by atoms with Gasteiger partial charge in [0.25, 0.3) is 0 Å². The maximum atomic E-state index is 9.86. The summed E-state index contributed by atoms with van der Waals surface area (Å²) in [6.07, 6.45) is 21.9. The zero-order chi connectivity index (χ0) is 19.0. The number of carbonyl (C=O) groups is 1. The van der Waals surface area contributed by atoms with Crippen molar-refractivity contribution >= 4 is 5.97 Å². The molecule has 0 N–H and O–H groups in total. The number of imidazole rings is 1. The van der Waals surface area contributed by atoms with Crippen LogP contribution in [0, 0.1) is 0 Å². The lowest BCUT2D eigenvalue weighted by Gasteiger charge is -2.01. The van der Waals surface area contributed by atoms with Crippen LogP contribution in [0.1, 0.15) is 81.7 Å². The molecule has 146 valence electrons. The first kappa shape index (κ1) is 22.0. The van der Waals surface area contributed by atoms with Gasteiger partial charge in [-0.3, -0.25) is 0 Å². The van der Waals surface area contributed by atoms with E-state index < -0.39 is 5.97 Å². The molecule has 0 aliphatic rings. The number of hydrogen-bond acceptors (Lipinski definition) is 3. The van der Waals surface area contributed by atoms with Crippen molar-refractivity contribution in [3.05, 3.63) is 42.9 Å². The number of unbranched alkanes of at least 4 members (excludes halogenated alkanes) is 9. The van der Waals surface area contributed by atoms with Crippen LogP contribution in [0.4, 0.5) is 0 Å². The molecule has 2 rings (SSSR count). The number of furan rings is 1. The largest absolute Gasteiger partial charge is 0.542 e. The van der Waals surface area contributed by atoms with Crippen molar-refractivity contribution in [3.63, 3.8) is 0 Å². The third-order valence-corrected chi connectivity index (χ3v) is 4.32. The Labute approximate surface area is 157 Å². The molecule has 26 heavy (non-hydrogen) atoms. The van der Waals surface area contributed by atoms with Crippen molar-refractivity contribution < 1.29 is 18.9 Å². The Morgan fingerprint density at radius 3 is 2.12 bits per heavy atom. The van der Waals surface area contributed by atoms with Crippen LogP contribution < -0.4 is 9.67 Å². The lowest BCUT2D eigenvalue weighted by Crippen LogP contribution is -2.23. The highest BCUT2D eigenvalue weighted by atomic mass is 16.4. The summed E-state index contributed by atoms with van der Waals surface area (Å²) in [5.74, 6) is -1.42. The van der Waals surface area contributed by atoms with E-state index >= 15 is 0 Å². The minimum Gasteiger partial charge on any atom is -0.542 e. The quantitative estimate of drug-likeness (QED) is 0.425. The Balaban J connectivity index is 0.000000350. The molecule has 0 unspecified atom stereocenters. The van der Waals surface area contributed by atoms with E-state index in [0.717, 1.165) is 0 Å². The van der Waals surface area contributed by atoms with Gasteiger partial charge in [-0.2, -0.15) is 0 Å². The number of nitrogens with zero attached hydrogens (tertiary/aromatic N) is 2. The first-order chi connectivity index (χ1) is 12.6. The van der Waals surface area contributed by atoms with E-state index in [9.17, 15) is 9.90 Å². The predicted molar refractivity (Wildman–Crippen MR) is 100 cm³/mol. The number of rotatable bonds is 12. The van der Waals surface area contributed by atoms with Gasteiger partial charge in [-0.15, -0.1) is 0 Å². The van der Waals surface area contributed by atoms with E-state index in [2.05, 4.69) is 46.2 Å². The number of carbonyl (C=O) groups excluding carboxylic acids is 1. The van der Waals surface area contributed by atoms with Gasteiger partial charge in [0.15, 0.2) is 0 Å². The molecule has 2 aromatic rings. The second-order valence-corrected chi connectivity index (χ2v) is 6.76. The molecule has 0 aliphatic heterocycles. The van der Waals surface area contributed by atoms with Crippen LogP contribution >= 0.6 is 0 Å². The zero-order valence-electron chi connectivity index (χ0n) is 16.4. The summed E-state index contributed by atoms with van der Waals surface area (Å²) < 4.78 is 8.82. The molecule has 0 saturated heterocycles. The summed E-state index contributed by atoms with van der Waals surface area (Å²) in [4.78, 5) is 9.86. The second kappa shape index (κ2) is 14.2. The number of aromatic nitrogens is 2. The van der Waals surface area contributed by atoms with Crippen LogP contribution in [-0.4, -0.2) is 10.5 Å². The van der Waals surface area contributed by atoms with Crippen molar-refractivity contribution in [3.8, 4) is 0 Å². The van der Waals surface area contributed by atoms with Crippen LogP contribution in [0.3, 0.4) is 0 Å².